The number of hydrogen-bond acceptors (Lipinski definition) is 7. The number of non-ortho nitro benzene ring substituents is 1. The molecular formula is C24H15FN2O7. The Balaban J connectivity index is 1.72. The normalized spacial score (nSPS) is 15.1. The number of rotatable bonds is 7. The van der Waals surface area contributed by atoms with E-state index in [1.165, 1.54) is 42.5 Å². The van der Waals surface area contributed by atoms with Crippen molar-refractivity contribution in [2.24, 2.45) is 5.92 Å². The van der Waals surface area contributed by atoms with Gasteiger partial charge in [0.25, 0.3) is 11.6 Å². The Labute approximate surface area is 191 Å². The minimum Gasteiger partial charge on any atom is -0.453 e. The number of carbonyl (C=O) groups excluding carboxylic acids is 4. The zero-order chi connectivity index (χ0) is 24.4. The van der Waals surface area contributed by atoms with E-state index in [1.54, 1.807) is 12.1 Å². The van der Waals surface area contributed by atoms with Gasteiger partial charge < -0.3 is 10.1 Å². The molecular weight excluding hydrogens is 447 g/mol. The van der Waals surface area contributed by atoms with Gasteiger partial charge in [-0.2, -0.15) is 0 Å². The lowest BCUT2D eigenvalue weighted by molar-refractivity contribution is -0.384. The molecule has 1 N–H and O–H groups in total. The molecule has 1 heterocycles. The van der Waals surface area contributed by atoms with Crippen molar-refractivity contribution < 1.29 is 33.2 Å². The molecule has 0 aromatic heterocycles. The summed E-state index contributed by atoms with van der Waals surface area (Å²) in [6.45, 7) is 0. The van der Waals surface area contributed by atoms with Gasteiger partial charge >= 0.3 is 5.97 Å². The van der Waals surface area contributed by atoms with E-state index in [0.717, 1.165) is 18.2 Å². The summed E-state index contributed by atoms with van der Waals surface area (Å²) < 4.78 is 19.7. The number of cyclic esters (lactones) is 1. The fourth-order valence-corrected chi connectivity index (χ4v) is 3.67. The van der Waals surface area contributed by atoms with Crippen LogP contribution in [0.5, 0.6) is 0 Å². The summed E-state index contributed by atoms with van der Waals surface area (Å²) in [6.07, 6.45) is -1.46. The monoisotopic (exact) mass is 462 g/mol. The van der Waals surface area contributed by atoms with Crippen LogP contribution in [0.3, 0.4) is 0 Å². The Kier molecular flexibility index (Phi) is 5.96. The molecule has 170 valence electrons. The number of anilines is 1. The Morgan fingerprint density at radius 3 is 2.44 bits per heavy atom. The van der Waals surface area contributed by atoms with Crippen molar-refractivity contribution in [1.29, 1.82) is 0 Å². The number of halogens is 1. The molecule has 3 aromatic carbocycles. The van der Waals surface area contributed by atoms with Crippen LogP contribution in [0.1, 0.15) is 32.4 Å². The molecule has 4 rings (SSSR count). The van der Waals surface area contributed by atoms with Crippen molar-refractivity contribution in [2.75, 3.05) is 5.32 Å². The number of carbonyl (C=O) groups is 4. The molecule has 0 aliphatic carbocycles. The van der Waals surface area contributed by atoms with Gasteiger partial charge in [0.1, 0.15) is 17.8 Å². The summed E-state index contributed by atoms with van der Waals surface area (Å²) in [5, 5.41) is 13.2. The Morgan fingerprint density at radius 1 is 1.00 bits per heavy atom. The molecule has 0 unspecified atom stereocenters. The van der Waals surface area contributed by atoms with Gasteiger partial charge in [-0.15, -0.1) is 0 Å². The summed E-state index contributed by atoms with van der Waals surface area (Å²) in [5.41, 5.74) is -0.523. The lowest BCUT2D eigenvalue weighted by atomic mass is 9.84. The highest BCUT2D eigenvalue weighted by Gasteiger charge is 2.46. The van der Waals surface area contributed by atoms with E-state index < -0.39 is 51.8 Å². The molecule has 2 atom stereocenters. The van der Waals surface area contributed by atoms with Crippen LogP contribution in [0.4, 0.5) is 15.8 Å². The molecule has 9 nitrogen and oxygen atoms in total. The van der Waals surface area contributed by atoms with Crippen LogP contribution in [-0.2, 0) is 14.3 Å². The van der Waals surface area contributed by atoms with Crippen molar-refractivity contribution >= 4 is 34.8 Å². The van der Waals surface area contributed by atoms with Gasteiger partial charge in [0, 0.05) is 23.4 Å². The zero-order valence-electron chi connectivity index (χ0n) is 17.3. The van der Waals surface area contributed by atoms with Gasteiger partial charge in [-0.3, -0.25) is 24.5 Å². The van der Waals surface area contributed by atoms with Crippen LogP contribution < -0.4 is 5.32 Å². The molecule has 3 aromatic rings. The minimum absolute atomic E-state index is 0.0616. The van der Waals surface area contributed by atoms with Crippen molar-refractivity contribution in [3.63, 3.8) is 0 Å². The second kappa shape index (κ2) is 9.02. The molecule has 0 saturated carbocycles. The van der Waals surface area contributed by atoms with Gasteiger partial charge in [-0.05, 0) is 24.3 Å². The van der Waals surface area contributed by atoms with Gasteiger partial charge in [0.15, 0.2) is 5.78 Å². The largest absolute Gasteiger partial charge is 0.453 e. The van der Waals surface area contributed by atoms with Crippen molar-refractivity contribution in [1.82, 2.24) is 0 Å². The number of ether oxygens (including phenoxy) is 1. The number of nitrogens with one attached hydrogen (secondary N) is 1. The molecule has 0 radical (unpaired) electrons. The maximum absolute atomic E-state index is 14.4. The standard InChI is InChI=1S/C24H15FN2O7/c25-18-11-4-3-10-17(18)20(28)19(22-15-8-1-2-9-16(15)24(31)34-22)21(29)23(30)26-13-6-5-7-14(12-13)27(32)33/h1-12,19,22H,(H,26,30)/t19-,22-/m0/s1. The third kappa shape index (κ3) is 4.16. The fraction of sp³-hybridized carbons (Fsp3) is 0.0833. The molecule has 34 heavy (non-hydrogen) atoms. The van der Waals surface area contributed by atoms with Crippen LogP contribution in [0, 0.1) is 21.8 Å². The minimum atomic E-state index is -1.89. The Hall–Kier alpha value is -4.73. The topological polar surface area (TPSA) is 133 Å². The molecule has 1 amide bonds. The van der Waals surface area contributed by atoms with Gasteiger partial charge in [0.05, 0.1) is 16.1 Å². The SMILES string of the molecule is O=C(Nc1cccc([N+](=O)[O-])c1)C(=O)[C@H](C(=O)c1ccccc1F)[C@H]1OC(=O)c2ccccc21. The summed E-state index contributed by atoms with van der Waals surface area (Å²) in [7, 11) is 0. The van der Waals surface area contributed by atoms with E-state index in [1.807, 2.05) is 0 Å². The van der Waals surface area contributed by atoms with E-state index >= 15 is 0 Å². The molecule has 0 spiro atoms. The van der Waals surface area contributed by atoms with Gasteiger partial charge in [-0.25, -0.2) is 9.18 Å². The number of esters is 1. The molecule has 0 saturated heterocycles. The predicted octanol–water partition coefficient (Wildman–Crippen LogP) is 3.65. The van der Waals surface area contributed by atoms with Gasteiger partial charge in [-0.1, -0.05) is 36.4 Å². The van der Waals surface area contributed by atoms with Gasteiger partial charge in [0.2, 0.25) is 5.78 Å². The predicted molar refractivity (Wildman–Crippen MR) is 116 cm³/mol. The van der Waals surface area contributed by atoms with Crippen LogP contribution in [0.25, 0.3) is 0 Å². The van der Waals surface area contributed by atoms with E-state index in [9.17, 15) is 33.7 Å². The lowest BCUT2D eigenvalue weighted by Gasteiger charge is -2.21. The first-order valence-corrected chi connectivity index (χ1v) is 9.96. The van der Waals surface area contributed by atoms with E-state index in [2.05, 4.69) is 5.32 Å². The summed E-state index contributed by atoms with van der Waals surface area (Å²) in [6, 6.07) is 15.8. The third-order valence-electron chi connectivity index (χ3n) is 5.27. The highest BCUT2D eigenvalue weighted by atomic mass is 19.1. The maximum Gasteiger partial charge on any atom is 0.339 e. The van der Waals surface area contributed by atoms with E-state index in [-0.39, 0.29) is 22.5 Å². The number of amides is 1. The molecule has 1 aliphatic rings. The molecule has 0 fully saturated rings. The fourth-order valence-electron chi connectivity index (χ4n) is 3.67. The number of nitro benzene ring substituents is 1. The first-order chi connectivity index (χ1) is 16.3. The zero-order valence-corrected chi connectivity index (χ0v) is 17.3. The third-order valence-corrected chi connectivity index (χ3v) is 5.27. The van der Waals surface area contributed by atoms with Crippen LogP contribution in [0.15, 0.2) is 72.8 Å². The highest BCUT2D eigenvalue weighted by Crippen LogP contribution is 2.38. The van der Waals surface area contributed by atoms with E-state index in [0.29, 0.717) is 0 Å². The molecule has 10 heteroatoms. The molecule has 0 bridgehead atoms. The number of nitrogens with zero attached hydrogens (tertiary/aromatic N) is 1. The summed E-state index contributed by atoms with van der Waals surface area (Å²) in [5.74, 6) is -7.22. The highest BCUT2D eigenvalue weighted by molar-refractivity contribution is 6.45. The number of nitro groups is 1. The second-order valence-corrected chi connectivity index (χ2v) is 7.36. The summed E-state index contributed by atoms with van der Waals surface area (Å²) in [4.78, 5) is 61.9. The smallest absolute Gasteiger partial charge is 0.339 e. The number of Topliss-reactive ketones (excluding diaryl/α,β-unsaturated/α-hetero) is 2. The van der Waals surface area contributed by atoms with Crippen molar-refractivity contribution in [2.45, 2.75) is 6.10 Å². The summed E-state index contributed by atoms with van der Waals surface area (Å²) >= 11 is 0. The number of benzene rings is 3. The first-order valence-electron chi connectivity index (χ1n) is 9.96. The van der Waals surface area contributed by atoms with Crippen molar-refractivity contribution in [3.8, 4) is 0 Å². The average molecular weight is 462 g/mol. The van der Waals surface area contributed by atoms with Crippen LogP contribution >= 0.6 is 0 Å². The van der Waals surface area contributed by atoms with Crippen LogP contribution in [-0.4, -0.2) is 28.4 Å². The first kappa shape index (κ1) is 22.5. The van der Waals surface area contributed by atoms with E-state index in [4.69, 9.17) is 4.74 Å². The lowest BCUT2D eigenvalue weighted by Crippen LogP contribution is -2.38. The average Bonchev–Trinajstić information content (AvgIpc) is 3.15. The Morgan fingerprint density at radius 2 is 1.71 bits per heavy atom. The number of ketones is 2. The number of hydrogen-bond donors (Lipinski definition) is 1. The second-order valence-electron chi connectivity index (χ2n) is 7.36. The van der Waals surface area contributed by atoms with Crippen LogP contribution in [0.2, 0.25) is 0 Å². The quantitative estimate of drug-likeness (QED) is 0.141. The molecule has 1 aliphatic heterocycles. The van der Waals surface area contributed by atoms with Crippen molar-refractivity contribution in [3.05, 3.63) is 105 Å². The number of fused-ring (bicyclic) bond motifs is 1. The Bertz CT molecular complexity index is 1350. The maximum atomic E-state index is 14.4.